The van der Waals surface area contributed by atoms with E-state index in [1.54, 1.807) is 16.4 Å². The molecule has 0 saturated carbocycles. The van der Waals surface area contributed by atoms with Gasteiger partial charge in [-0.05, 0) is 73.3 Å². The van der Waals surface area contributed by atoms with Crippen molar-refractivity contribution in [1.82, 2.24) is 4.31 Å². The molecule has 170 valence electrons. The lowest BCUT2D eigenvalue weighted by molar-refractivity contribution is 0.102. The van der Waals surface area contributed by atoms with E-state index in [-0.39, 0.29) is 10.8 Å². The molecule has 1 saturated heterocycles. The molecule has 1 aliphatic carbocycles. The van der Waals surface area contributed by atoms with Gasteiger partial charge in [0.2, 0.25) is 10.0 Å². The zero-order valence-corrected chi connectivity index (χ0v) is 20.4. The zero-order valence-electron chi connectivity index (χ0n) is 18.7. The smallest absolute Gasteiger partial charge is 0.256 e. The van der Waals surface area contributed by atoms with Gasteiger partial charge in [-0.15, -0.1) is 11.3 Å². The molecule has 0 unspecified atom stereocenters. The van der Waals surface area contributed by atoms with Crippen LogP contribution < -0.4 is 5.32 Å². The van der Waals surface area contributed by atoms with E-state index >= 15 is 0 Å². The Hall–Kier alpha value is -2.21. The molecule has 0 bridgehead atoms. The first kappa shape index (κ1) is 23.0. The van der Waals surface area contributed by atoms with Gasteiger partial charge in [0.25, 0.3) is 5.91 Å². The van der Waals surface area contributed by atoms with Crippen LogP contribution in [0, 0.1) is 29.1 Å². The number of piperidine rings is 1. The third-order valence-electron chi connectivity index (χ3n) is 6.44. The molecule has 4 rings (SSSR count). The maximum absolute atomic E-state index is 13.1. The fourth-order valence-corrected chi connectivity index (χ4v) is 7.90. The number of amides is 1. The number of thiophene rings is 1. The molecule has 1 amide bonds. The summed E-state index contributed by atoms with van der Waals surface area (Å²) >= 11 is 1.48. The number of nitrogens with zero attached hydrogens (tertiary/aromatic N) is 2. The highest BCUT2D eigenvalue weighted by molar-refractivity contribution is 7.89. The van der Waals surface area contributed by atoms with Crippen molar-refractivity contribution in [3.05, 3.63) is 45.8 Å². The van der Waals surface area contributed by atoms with Crippen molar-refractivity contribution in [2.24, 2.45) is 17.8 Å². The molecule has 0 radical (unpaired) electrons. The Bertz CT molecular complexity index is 1150. The van der Waals surface area contributed by atoms with E-state index < -0.39 is 10.0 Å². The molecular weight excluding hydrogens is 442 g/mol. The third-order valence-corrected chi connectivity index (χ3v) is 9.46. The number of hydrogen-bond donors (Lipinski definition) is 1. The summed E-state index contributed by atoms with van der Waals surface area (Å²) in [4.78, 5) is 14.2. The zero-order chi connectivity index (χ0) is 23.0. The molecule has 0 spiro atoms. The molecule has 2 aromatic rings. The number of anilines is 1. The van der Waals surface area contributed by atoms with Gasteiger partial charge in [-0.3, -0.25) is 4.79 Å². The lowest BCUT2D eigenvalue weighted by Crippen LogP contribution is -2.42. The maximum Gasteiger partial charge on any atom is 0.256 e. The topological polar surface area (TPSA) is 90.3 Å². The van der Waals surface area contributed by atoms with Crippen molar-refractivity contribution in [3.8, 4) is 6.07 Å². The van der Waals surface area contributed by atoms with Gasteiger partial charge in [0.15, 0.2) is 0 Å². The Morgan fingerprint density at radius 1 is 1.12 bits per heavy atom. The van der Waals surface area contributed by atoms with Crippen LogP contribution in [0.5, 0.6) is 0 Å². The first-order valence-corrected chi connectivity index (χ1v) is 13.4. The van der Waals surface area contributed by atoms with E-state index in [1.165, 1.54) is 28.3 Å². The average molecular weight is 472 g/mol. The van der Waals surface area contributed by atoms with E-state index in [0.29, 0.717) is 47.0 Å². The molecule has 2 aliphatic rings. The second-order valence-electron chi connectivity index (χ2n) is 9.41. The normalized spacial score (nSPS) is 23.9. The summed E-state index contributed by atoms with van der Waals surface area (Å²) in [6, 6.07) is 8.34. The third kappa shape index (κ3) is 4.47. The molecule has 2 heterocycles. The van der Waals surface area contributed by atoms with Gasteiger partial charge >= 0.3 is 0 Å². The molecular formula is C24H29N3O3S2. The molecule has 1 fully saturated rings. The second-order valence-corrected chi connectivity index (χ2v) is 12.5. The number of rotatable bonds is 4. The number of nitriles is 1. The van der Waals surface area contributed by atoms with E-state index in [9.17, 15) is 18.5 Å². The Balaban J connectivity index is 1.51. The van der Waals surface area contributed by atoms with Gasteiger partial charge in [0.05, 0.1) is 10.5 Å². The summed E-state index contributed by atoms with van der Waals surface area (Å²) in [5, 5.41) is 13.1. The summed E-state index contributed by atoms with van der Waals surface area (Å²) < 4.78 is 27.7. The molecule has 1 N–H and O–H groups in total. The van der Waals surface area contributed by atoms with Crippen LogP contribution in [0.1, 0.15) is 60.0 Å². The fourth-order valence-electron chi connectivity index (χ4n) is 4.86. The summed E-state index contributed by atoms with van der Waals surface area (Å²) in [6.45, 7) is 7.39. The molecule has 1 aliphatic heterocycles. The van der Waals surface area contributed by atoms with Crippen LogP contribution in [-0.4, -0.2) is 31.7 Å². The van der Waals surface area contributed by atoms with Gasteiger partial charge < -0.3 is 5.32 Å². The first-order chi connectivity index (χ1) is 15.2. The van der Waals surface area contributed by atoms with Crippen LogP contribution in [0.3, 0.4) is 0 Å². The summed E-state index contributed by atoms with van der Waals surface area (Å²) in [7, 11) is -3.59. The number of benzene rings is 1. The summed E-state index contributed by atoms with van der Waals surface area (Å²) in [5.41, 5.74) is 2.00. The first-order valence-electron chi connectivity index (χ1n) is 11.1. The summed E-state index contributed by atoms with van der Waals surface area (Å²) in [5.74, 6) is 0.897. The Morgan fingerprint density at radius 2 is 1.78 bits per heavy atom. The van der Waals surface area contributed by atoms with E-state index in [4.69, 9.17) is 0 Å². The highest BCUT2D eigenvalue weighted by Gasteiger charge is 2.32. The minimum atomic E-state index is -3.59. The van der Waals surface area contributed by atoms with Crippen molar-refractivity contribution < 1.29 is 13.2 Å². The number of nitrogens with one attached hydrogen (secondary N) is 1. The van der Waals surface area contributed by atoms with Crippen LogP contribution in [0.4, 0.5) is 5.00 Å². The predicted octanol–water partition coefficient (Wildman–Crippen LogP) is 4.66. The second kappa shape index (κ2) is 8.97. The number of sulfonamides is 1. The Kier molecular flexibility index (Phi) is 6.44. The lowest BCUT2D eigenvalue weighted by atomic mass is 9.88. The van der Waals surface area contributed by atoms with Crippen molar-refractivity contribution in [3.63, 3.8) is 0 Å². The number of fused-ring (bicyclic) bond motifs is 1. The number of carbonyl (C=O) groups excluding carboxylic acids is 1. The van der Waals surface area contributed by atoms with Crippen molar-refractivity contribution in [2.45, 2.75) is 51.3 Å². The average Bonchev–Trinajstić information content (AvgIpc) is 3.08. The van der Waals surface area contributed by atoms with Gasteiger partial charge in [-0.2, -0.15) is 9.57 Å². The molecule has 1 aromatic heterocycles. The van der Waals surface area contributed by atoms with Crippen LogP contribution >= 0.6 is 11.3 Å². The Labute approximate surface area is 194 Å². The largest absolute Gasteiger partial charge is 0.312 e. The van der Waals surface area contributed by atoms with Gasteiger partial charge in [-0.1, -0.05) is 20.8 Å². The predicted molar refractivity (Wildman–Crippen MR) is 126 cm³/mol. The quantitative estimate of drug-likeness (QED) is 0.702. The van der Waals surface area contributed by atoms with Gasteiger partial charge in [0, 0.05) is 23.5 Å². The van der Waals surface area contributed by atoms with E-state index in [2.05, 4.69) is 32.2 Å². The molecule has 6 nitrogen and oxygen atoms in total. The standard InChI is InChI=1S/C24H29N3O3S2/c1-15-4-9-20-21(12-25)24(31-22(20)11-15)26-23(28)18-5-7-19(8-6-18)32(29,30)27-13-16(2)10-17(3)14-27/h5-8,15-17H,4,9-11,13-14H2,1-3H3,(H,26,28)/t15-,16-,17+/m1/s1. The molecule has 1 aromatic carbocycles. The minimum Gasteiger partial charge on any atom is -0.312 e. The van der Waals surface area contributed by atoms with Gasteiger partial charge in [0.1, 0.15) is 11.1 Å². The van der Waals surface area contributed by atoms with Crippen molar-refractivity contribution in [1.29, 1.82) is 5.26 Å². The monoisotopic (exact) mass is 471 g/mol. The maximum atomic E-state index is 13.1. The molecule has 32 heavy (non-hydrogen) atoms. The highest BCUT2D eigenvalue weighted by atomic mass is 32.2. The fraction of sp³-hybridized carbons (Fsp3) is 0.500. The molecule has 8 heteroatoms. The van der Waals surface area contributed by atoms with Crippen molar-refractivity contribution >= 4 is 32.3 Å². The highest BCUT2D eigenvalue weighted by Crippen LogP contribution is 2.39. The summed E-state index contributed by atoms with van der Waals surface area (Å²) in [6.07, 6.45) is 3.88. The Morgan fingerprint density at radius 3 is 2.41 bits per heavy atom. The van der Waals surface area contributed by atoms with Crippen molar-refractivity contribution in [2.75, 3.05) is 18.4 Å². The van der Waals surface area contributed by atoms with Gasteiger partial charge in [-0.25, -0.2) is 8.42 Å². The van der Waals surface area contributed by atoms with Crippen LogP contribution in [0.2, 0.25) is 0 Å². The van der Waals surface area contributed by atoms with Crippen LogP contribution in [-0.2, 0) is 22.9 Å². The van der Waals surface area contributed by atoms with E-state index in [0.717, 1.165) is 31.2 Å². The van der Waals surface area contributed by atoms with Crippen LogP contribution in [0.15, 0.2) is 29.2 Å². The lowest BCUT2D eigenvalue weighted by Gasteiger charge is -2.34. The minimum absolute atomic E-state index is 0.202. The SMILES string of the molecule is C[C@@H]1CCc2c(sc(NC(=O)c3ccc(S(=O)(=O)N4C[C@H](C)C[C@H](C)C4)cc3)c2C#N)C1. The number of hydrogen-bond acceptors (Lipinski definition) is 5. The van der Waals surface area contributed by atoms with Crippen LogP contribution in [0.25, 0.3) is 0 Å². The van der Waals surface area contributed by atoms with E-state index in [1.807, 2.05) is 0 Å². The molecule has 3 atom stereocenters. The number of carbonyl (C=O) groups is 1.